The zero-order valence-corrected chi connectivity index (χ0v) is 38.1. The maximum atomic E-state index is 12.9. The van der Waals surface area contributed by atoms with Gasteiger partial charge in [0.1, 0.15) is 24.4 Å². The molecule has 0 aromatic heterocycles. The number of allylic oxidation sites excluding steroid dienone is 21. The second-order valence-electron chi connectivity index (χ2n) is 15.4. The van der Waals surface area contributed by atoms with Gasteiger partial charge < -0.3 is 40.3 Å². The van der Waals surface area contributed by atoms with Gasteiger partial charge in [0, 0.05) is 6.42 Å². The van der Waals surface area contributed by atoms with Crippen molar-refractivity contribution in [2.45, 2.75) is 179 Å². The topological polar surface area (TPSA) is 149 Å². The third-order valence-corrected chi connectivity index (χ3v) is 9.94. The largest absolute Gasteiger partial charge is 0.394 e. The summed E-state index contributed by atoms with van der Waals surface area (Å²) in [7, 11) is 0. The van der Waals surface area contributed by atoms with Crippen molar-refractivity contribution in [1.29, 1.82) is 0 Å². The number of carbonyl (C=O) groups is 1. The summed E-state index contributed by atoms with van der Waals surface area (Å²) in [4.78, 5) is 12.9. The van der Waals surface area contributed by atoms with Crippen LogP contribution < -0.4 is 5.32 Å². The van der Waals surface area contributed by atoms with Crippen molar-refractivity contribution in [3.8, 4) is 0 Å². The van der Waals surface area contributed by atoms with Gasteiger partial charge in [0.15, 0.2) is 6.29 Å². The van der Waals surface area contributed by atoms with Crippen LogP contribution in [0.4, 0.5) is 0 Å². The molecular weight excluding hydrogens is 779 g/mol. The van der Waals surface area contributed by atoms with Gasteiger partial charge in [-0.05, 0) is 103 Å². The zero-order valence-electron chi connectivity index (χ0n) is 38.1. The summed E-state index contributed by atoms with van der Waals surface area (Å²) in [5.41, 5.74) is 0. The van der Waals surface area contributed by atoms with E-state index in [-0.39, 0.29) is 18.9 Å². The lowest BCUT2D eigenvalue weighted by Gasteiger charge is -2.40. The molecule has 0 aromatic carbocycles. The minimum Gasteiger partial charge on any atom is -0.394 e. The molecule has 0 bridgehead atoms. The van der Waals surface area contributed by atoms with Gasteiger partial charge in [0.2, 0.25) is 5.91 Å². The van der Waals surface area contributed by atoms with Crippen LogP contribution in [0.2, 0.25) is 0 Å². The van der Waals surface area contributed by atoms with Crippen molar-refractivity contribution in [1.82, 2.24) is 5.32 Å². The Morgan fingerprint density at radius 1 is 0.565 bits per heavy atom. The Labute approximate surface area is 375 Å². The molecule has 0 saturated carbocycles. The number of carbonyl (C=O) groups excluding carboxylic acids is 1. The normalized spacial score (nSPS) is 21.6. The van der Waals surface area contributed by atoms with E-state index in [1.807, 2.05) is 6.08 Å². The van der Waals surface area contributed by atoms with E-state index in [1.165, 1.54) is 12.8 Å². The molecular formula is C53H83NO8. The van der Waals surface area contributed by atoms with Crippen LogP contribution in [0.5, 0.6) is 0 Å². The summed E-state index contributed by atoms with van der Waals surface area (Å²) in [5, 5.41) is 54.1. The number of ether oxygens (including phenoxy) is 2. The van der Waals surface area contributed by atoms with Gasteiger partial charge in [0.05, 0.1) is 25.4 Å². The molecule has 7 atom stereocenters. The number of hydrogen-bond donors (Lipinski definition) is 6. The first kappa shape index (κ1) is 56.3. The number of unbranched alkanes of at least 4 members (excludes halogenated alkanes) is 6. The van der Waals surface area contributed by atoms with Crippen LogP contribution >= 0.6 is 0 Å². The van der Waals surface area contributed by atoms with E-state index in [0.717, 1.165) is 89.9 Å². The highest BCUT2D eigenvalue weighted by atomic mass is 16.7. The molecule has 1 aliphatic rings. The maximum absolute atomic E-state index is 12.9. The molecule has 0 spiro atoms. The number of aliphatic hydroxyl groups is 5. The average Bonchev–Trinajstić information content (AvgIpc) is 3.27. The lowest BCUT2D eigenvalue weighted by Crippen LogP contribution is -2.60. The first-order valence-corrected chi connectivity index (χ1v) is 23.4. The fourth-order valence-corrected chi connectivity index (χ4v) is 6.19. The SMILES string of the molecule is CC/C=C\C/C=C\C/C=C\C/C=C\C/C=C\C/C=C\C/C=C\C/C=C\CCCCC(=O)NC(COC1OC(CO)C(O)C(O)C1O)C(O)/C=C/CC/C=C/CC/C=C/CCCC. The predicted molar refractivity (Wildman–Crippen MR) is 257 cm³/mol. The van der Waals surface area contributed by atoms with Crippen molar-refractivity contribution < 1.29 is 39.8 Å². The highest BCUT2D eigenvalue weighted by molar-refractivity contribution is 5.76. The lowest BCUT2D eigenvalue weighted by atomic mass is 9.99. The molecule has 0 aliphatic carbocycles. The number of nitrogens with one attached hydrogen (secondary N) is 1. The second-order valence-corrected chi connectivity index (χ2v) is 15.4. The van der Waals surface area contributed by atoms with Crippen molar-refractivity contribution in [3.05, 3.63) is 134 Å². The Hall–Kier alpha value is -3.67. The van der Waals surface area contributed by atoms with Gasteiger partial charge in [-0.25, -0.2) is 0 Å². The Kier molecular flexibility index (Phi) is 37.6. The molecule has 348 valence electrons. The molecule has 1 aliphatic heterocycles. The third-order valence-electron chi connectivity index (χ3n) is 9.94. The van der Waals surface area contributed by atoms with E-state index < -0.39 is 49.5 Å². The molecule has 1 amide bonds. The predicted octanol–water partition coefficient (Wildman–Crippen LogP) is 10.2. The molecule has 6 N–H and O–H groups in total. The summed E-state index contributed by atoms with van der Waals surface area (Å²) < 4.78 is 11.2. The van der Waals surface area contributed by atoms with E-state index in [4.69, 9.17) is 9.47 Å². The van der Waals surface area contributed by atoms with Crippen molar-refractivity contribution >= 4 is 5.91 Å². The van der Waals surface area contributed by atoms with Crippen LogP contribution in [0.15, 0.2) is 134 Å². The molecule has 1 heterocycles. The van der Waals surface area contributed by atoms with Crippen LogP contribution in [-0.2, 0) is 14.3 Å². The van der Waals surface area contributed by atoms with Crippen LogP contribution in [-0.4, -0.2) is 87.5 Å². The first-order chi connectivity index (χ1) is 30.3. The van der Waals surface area contributed by atoms with E-state index in [9.17, 15) is 30.3 Å². The average molecular weight is 862 g/mol. The van der Waals surface area contributed by atoms with E-state index in [1.54, 1.807) is 6.08 Å². The summed E-state index contributed by atoms with van der Waals surface area (Å²) in [5.74, 6) is -0.243. The Morgan fingerprint density at radius 2 is 1.00 bits per heavy atom. The van der Waals surface area contributed by atoms with Crippen LogP contribution in [0.3, 0.4) is 0 Å². The highest BCUT2D eigenvalue weighted by Crippen LogP contribution is 2.22. The fourth-order valence-electron chi connectivity index (χ4n) is 6.19. The second kappa shape index (κ2) is 41.3. The van der Waals surface area contributed by atoms with Gasteiger partial charge >= 0.3 is 0 Å². The molecule has 1 fully saturated rings. The van der Waals surface area contributed by atoms with Crippen LogP contribution in [0, 0.1) is 0 Å². The molecule has 0 aromatic rings. The lowest BCUT2D eigenvalue weighted by molar-refractivity contribution is -0.302. The summed E-state index contributed by atoms with van der Waals surface area (Å²) in [6.45, 7) is 3.52. The van der Waals surface area contributed by atoms with Gasteiger partial charge in [0.25, 0.3) is 0 Å². The van der Waals surface area contributed by atoms with Crippen LogP contribution in [0.25, 0.3) is 0 Å². The zero-order chi connectivity index (χ0) is 45.1. The van der Waals surface area contributed by atoms with Gasteiger partial charge in [-0.3, -0.25) is 4.79 Å². The third kappa shape index (κ3) is 31.2. The maximum Gasteiger partial charge on any atom is 0.220 e. The van der Waals surface area contributed by atoms with Gasteiger partial charge in [-0.2, -0.15) is 0 Å². The molecule has 62 heavy (non-hydrogen) atoms. The van der Waals surface area contributed by atoms with E-state index in [2.05, 4.69) is 141 Å². The van der Waals surface area contributed by atoms with Gasteiger partial charge in [-0.1, -0.05) is 160 Å². The molecule has 9 heteroatoms. The Balaban J connectivity index is 2.37. The summed E-state index contributed by atoms with van der Waals surface area (Å²) in [6, 6.07) is -0.860. The van der Waals surface area contributed by atoms with E-state index in [0.29, 0.717) is 12.8 Å². The number of rotatable bonds is 36. The first-order valence-electron chi connectivity index (χ1n) is 23.4. The number of aliphatic hydroxyl groups excluding tert-OH is 5. The smallest absolute Gasteiger partial charge is 0.220 e. The Bertz CT molecular complexity index is 1420. The quantitative estimate of drug-likeness (QED) is 0.0269. The molecule has 9 nitrogen and oxygen atoms in total. The molecule has 0 radical (unpaired) electrons. The minimum atomic E-state index is -1.59. The van der Waals surface area contributed by atoms with Crippen molar-refractivity contribution in [2.24, 2.45) is 0 Å². The standard InChI is InChI=1S/C53H83NO8/c1-3-5-7-9-11-13-15-17-18-19-20-21-22-23-24-25-26-27-28-29-30-31-33-35-37-39-41-43-49(57)54-46(45-61-53-52(60)51(59)50(58)48(44-55)62-53)47(56)42-40-38-36-34-32-16-14-12-10-8-6-4-2/h5,7,10-13,17-18,20-21,23-24,26-27,29-30,32-35,40,42,46-48,50-53,55-56,58-60H,3-4,6,8-9,14-16,19,22,25,28,31,36-39,41,43-45H2,1-2H3,(H,54,57)/b7-5-,12-10+,13-11-,18-17-,21-20-,24-23-,27-26-,30-29-,34-32+,35-33-,42-40+. The fraction of sp³-hybridized carbons (Fsp3) is 0.566. The molecule has 7 unspecified atom stereocenters. The van der Waals surface area contributed by atoms with Gasteiger partial charge in [-0.15, -0.1) is 0 Å². The van der Waals surface area contributed by atoms with Crippen molar-refractivity contribution in [2.75, 3.05) is 13.2 Å². The molecule has 1 saturated heterocycles. The minimum absolute atomic E-state index is 0.234. The summed E-state index contributed by atoms with van der Waals surface area (Å²) in [6.07, 6.45) is 56.4. The van der Waals surface area contributed by atoms with Crippen LogP contribution in [0.1, 0.15) is 136 Å². The number of amides is 1. The molecule has 1 rings (SSSR count). The highest BCUT2D eigenvalue weighted by Gasteiger charge is 2.44. The number of hydrogen-bond acceptors (Lipinski definition) is 8. The summed E-state index contributed by atoms with van der Waals surface area (Å²) >= 11 is 0. The Morgan fingerprint density at radius 3 is 1.48 bits per heavy atom. The van der Waals surface area contributed by atoms with E-state index >= 15 is 0 Å². The van der Waals surface area contributed by atoms with Crippen molar-refractivity contribution in [3.63, 3.8) is 0 Å². The monoisotopic (exact) mass is 862 g/mol.